The maximum Gasteiger partial charge on any atom is -0.114 e. The van der Waals surface area contributed by atoms with Gasteiger partial charge in [-0.2, -0.15) is 0 Å². The molecule has 0 saturated carbocycles. The molecule has 0 amide bonds. The minimum atomic E-state index is -3.11. The monoisotopic (exact) mass is 160 g/mol. The van der Waals surface area contributed by atoms with E-state index in [4.69, 9.17) is 13.3 Å². The van der Waals surface area contributed by atoms with E-state index in [1.807, 2.05) is 0 Å². The minimum Gasteiger partial charge on any atom is -0.784 e. The lowest BCUT2D eigenvalue weighted by Gasteiger charge is -2.03. The highest BCUT2D eigenvalue weighted by Gasteiger charge is 1.20. The first kappa shape index (κ1) is 9.12. The number of hydrogen-bond acceptors (Lipinski definition) is 3. The normalized spacial score (nSPS) is 7.00. The van der Waals surface area contributed by atoms with Gasteiger partial charge in [-0.1, -0.05) is 0 Å². The van der Waals surface area contributed by atoms with Crippen molar-refractivity contribution in [1.29, 1.82) is 0 Å². The van der Waals surface area contributed by atoms with E-state index in [2.05, 4.69) is 0 Å². The van der Waals surface area contributed by atoms with Gasteiger partial charge in [0, 0.05) is 0 Å². The lowest BCUT2D eigenvalue weighted by molar-refractivity contribution is 0.419. The Hall–Kier alpha value is 0.550. The van der Waals surface area contributed by atoms with Crippen LogP contribution in [0.1, 0.15) is 0 Å². The van der Waals surface area contributed by atoms with Crippen LogP contribution in [0.15, 0.2) is 0 Å². The van der Waals surface area contributed by atoms with Crippen LogP contribution in [-0.4, -0.2) is 13.3 Å². The molecule has 5 heavy (non-hydrogen) atoms. The summed E-state index contributed by atoms with van der Waals surface area (Å²) in [6.07, 6.45) is 0. The zero-order valence-electron chi connectivity index (χ0n) is 2.04. The minimum absolute atomic E-state index is 0. The largest absolute Gasteiger partial charge is 0.784 e. The zero-order chi connectivity index (χ0) is 3.58. The molecule has 0 unspecified atom stereocenters. The average Bonchev–Trinajstić information content (AvgIpc) is 0.811. The lowest BCUT2D eigenvalue weighted by Crippen LogP contribution is -1.76. The van der Waals surface area contributed by atoms with Crippen molar-refractivity contribution < 1.29 is 13.3 Å². The highest BCUT2D eigenvalue weighted by Crippen LogP contribution is 1.42. The van der Waals surface area contributed by atoms with Gasteiger partial charge in [0.15, 0.2) is 0 Å². The zero-order valence-corrected chi connectivity index (χ0v) is 4.57. The van der Waals surface area contributed by atoms with Crippen molar-refractivity contribution in [2.45, 2.75) is 0 Å². The molecule has 0 rings (SSSR count). The molecule has 0 aromatic carbocycles. The van der Waals surface area contributed by atoms with Crippen molar-refractivity contribution in [3.63, 3.8) is 0 Å². The fourth-order valence-electron chi connectivity index (χ4n) is 0. The van der Waals surface area contributed by atoms with Crippen LogP contribution in [0.2, 0.25) is 0 Å². The molecule has 0 aromatic rings. The standard InChI is InChI=1S/BrH.H2O3S/c;1-4(2)3/h1H;(H2,1,2,3)/p-2. The van der Waals surface area contributed by atoms with E-state index in [9.17, 15) is 0 Å². The Morgan fingerprint density at radius 3 is 1.40 bits per heavy atom. The first-order valence-corrected chi connectivity index (χ1v) is 1.50. The van der Waals surface area contributed by atoms with E-state index in [0.717, 1.165) is 0 Å². The summed E-state index contributed by atoms with van der Waals surface area (Å²) in [5.41, 5.74) is 0. The van der Waals surface area contributed by atoms with Gasteiger partial charge in [0.2, 0.25) is 0 Å². The molecule has 5 heteroatoms. The van der Waals surface area contributed by atoms with Crippen molar-refractivity contribution in [1.82, 2.24) is 0 Å². The van der Waals surface area contributed by atoms with Crippen molar-refractivity contribution in [2.24, 2.45) is 0 Å². The van der Waals surface area contributed by atoms with E-state index in [0.29, 0.717) is 0 Å². The molecular weight excluding hydrogens is 160 g/mol. The van der Waals surface area contributed by atoms with E-state index in [1.54, 1.807) is 0 Å². The van der Waals surface area contributed by atoms with Crippen molar-refractivity contribution in [2.75, 3.05) is 0 Å². The number of halogens is 1. The van der Waals surface area contributed by atoms with Gasteiger partial charge in [0.05, 0.1) is 0 Å². The molecule has 0 aromatic heterocycles. The van der Waals surface area contributed by atoms with Gasteiger partial charge in [-0.05, 0) is 0 Å². The Morgan fingerprint density at radius 1 is 1.40 bits per heavy atom. The van der Waals surface area contributed by atoms with Gasteiger partial charge in [-0.15, -0.1) is 28.3 Å². The Labute approximate surface area is 42.3 Å². The smallest absolute Gasteiger partial charge is 0.114 e. The molecule has 0 aliphatic heterocycles. The maximum absolute atomic E-state index is 8.44. The van der Waals surface area contributed by atoms with E-state index >= 15 is 0 Å². The predicted octanol–water partition coefficient (Wildman–Crippen LogP) is -0.426. The summed E-state index contributed by atoms with van der Waals surface area (Å²) >= 11 is -3.11. The van der Waals surface area contributed by atoms with Crippen LogP contribution in [0.5, 0.6) is 0 Å². The summed E-state index contributed by atoms with van der Waals surface area (Å²) in [5.74, 6) is 0. The van der Waals surface area contributed by atoms with Crippen molar-refractivity contribution >= 4 is 28.3 Å². The fraction of sp³-hybridized carbons (Fsp3) is 0. The van der Waals surface area contributed by atoms with Gasteiger partial charge in [0.1, 0.15) is 0 Å². The van der Waals surface area contributed by atoms with Gasteiger partial charge in [-0.25, -0.2) is 0 Å². The topological polar surface area (TPSA) is 63.2 Å². The molecule has 0 saturated heterocycles. The first-order chi connectivity index (χ1) is 1.73. The third-order valence-electron chi connectivity index (χ3n) is 0. The van der Waals surface area contributed by atoms with Crippen LogP contribution in [0.25, 0.3) is 0 Å². The van der Waals surface area contributed by atoms with Gasteiger partial charge < -0.3 is 9.11 Å². The average molecular weight is 161 g/mol. The molecule has 0 spiro atoms. The van der Waals surface area contributed by atoms with Gasteiger partial charge >= 0.3 is 0 Å². The molecule has 0 atom stereocenters. The van der Waals surface area contributed by atoms with Crippen molar-refractivity contribution in [3.8, 4) is 0 Å². The molecule has 0 N–H and O–H groups in total. The molecule has 0 fully saturated rings. The molecule has 0 aliphatic rings. The van der Waals surface area contributed by atoms with Crippen LogP contribution in [0, 0.1) is 0 Å². The SMILES string of the molecule is Br.O=S([O-])[O-]. The van der Waals surface area contributed by atoms with Crippen LogP contribution in [0.3, 0.4) is 0 Å². The van der Waals surface area contributed by atoms with E-state index < -0.39 is 11.4 Å². The Kier molecular flexibility index (Phi) is 8.30. The Balaban J connectivity index is 0. The molecule has 0 radical (unpaired) electrons. The van der Waals surface area contributed by atoms with E-state index in [1.165, 1.54) is 0 Å². The second-order valence-electron chi connectivity index (χ2n) is 0.204. The number of hydrogen-bond donors (Lipinski definition) is 0. The van der Waals surface area contributed by atoms with Gasteiger partial charge in [-0.3, -0.25) is 4.21 Å². The molecule has 0 bridgehead atoms. The Morgan fingerprint density at radius 2 is 1.40 bits per heavy atom. The predicted molar refractivity (Wildman–Crippen MR) is 20.0 cm³/mol. The van der Waals surface area contributed by atoms with Crippen LogP contribution < -0.4 is 0 Å². The summed E-state index contributed by atoms with van der Waals surface area (Å²) in [4.78, 5) is 0. The summed E-state index contributed by atoms with van der Waals surface area (Å²) in [5, 5.41) is 0. The fourth-order valence-corrected chi connectivity index (χ4v) is 0. The second kappa shape index (κ2) is 4.55. The molecule has 3 nitrogen and oxygen atoms in total. The highest BCUT2D eigenvalue weighted by atomic mass is 79.9. The third kappa shape index (κ3) is 97.8. The van der Waals surface area contributed by atoms with E-state index in [-0.39, 0.29) is 17.0 Å². The highest BCUT2D eigenvalue weighted by molar-refractivity contribution is 8.93. The maximum atomic E-state index is 8.44. The Bertz CT molecular complexity index is 29.9. The summed E-state index contributed by atoms with van der Waals surface area (Å²) in [6.45, 7) is 0. The van der Waals surface area contributed by atoms with Crippen LogP contribution in [-0.2, 0) is 11.4 Å². The quantitative estimate of drug-likeness (QED) is 0.453. The molecule has 0 aliphatic carbocycles. The molecule has 34 valence electrons. The molecular formula is HBrO3S-2. The second-order valence-corrected chi connectivity index (χ2v) is 0.612. The summed E-state index contributed by atoms with van der Waals surface area (Å²) in [6, 6.07) is 0. The van der Waals surface area contributed by atoms with Crippen molar-refractivity contribution in [3.05, 3.63) is 0 Å². The van der Waals surface area contributed by atoms with Crippen LogP contribution >= 0.6 is 17.0 Å². The summed E-state index contributed by atoms with van der Waals surface area (Å²) < 4.78 is 25.3. The molecule has 0 heterocycles. The van der Waals surface area contributed by atoms with Gasteiger partial charge in [0.25, 0.3) is 0 Å². The lowest BCUT2D eigenvalue weighted by atomic mass is 15.8. The summed E-state index contributed by atoms with van der Waals surface area (Å²) in [7, 11) is 0. The number of rotatable bonds is 0. The third-order valence-corrected chi connectivity index (χ3v) is 0. The van der Waals surface area contributed by atoms with Crippen LogP contribution in [0.4, 0.5) is 0 Å². The first-order valence-electron chi connectivity index (χ1n) is 0.500.